The summed E-state index contributed by atoms with van der Waals surface area (Å²) in [7, 11) is 0. The van der Waals surface area contributed by atoms with Crippen LogP contribution < -0.4 is 0 Å². The number of rotatable bonds is 1. The van der Waals surface area contributed by atoms with E-state index in [1.165, 1.54) is 4.74 Å². The highest BCUT2D eigenvalue weighted by atomic mass is 19.4. The van der Waals surface area contributed by atoms with Crippen molar-refractivity contribution in [2.24, 2.45) is 0 Å². The van der Waals surface area contributed by atoms with E-state index >= 15 is 0 Å². The van der Waals surface area contributed by atoms with Crippen molar-refractivity contribution in [3.8, 4) is 0 Å². The smallest absolute Gasteiger partial charge is 0.242 e. The average Bonchev–Trinajstić information content (AvgIpc) is 2.23. The molecule has 0 N–H and O–H groups in total. The molecule has 1 aliphatic carbocycles. The van der Waals surface area contributed by atoms with Crippen LogP contribution in [-0.2, 0) is 4.74 Å². The first-order valence-corrected chi connectivity index (χ1v) is 4.55. The van der Waals surface area contributed by atoms with E-state index in [9.17, 15) is 61.5 Å². The Balaban J connectivity index is 3.77. The van der Waals surface area contributed by atoms with Gasteiger partial charge in [-0.05, 0) is 0 Å². The Morgan fingerprint density at radius 3 is 0.909 bits per heavy atom. The van der Waals surface area contributed by atoms with Gasteiger partial charge in [-0.3, -0.25) is 0 Å². The van der Waals surface area contributed by atoms with Crippen molar-refractivity contribution in [1.29, 1.82) is 0 Å². The Kier molecular flexibility index (Phi) is 3.53. The van der Waals surface area contributed by atoms with E-state index in [0.717, 1.165) is 0 Å². The molecule has 0 spiro atoms. The van der Waals surface area contributed by atoms with E-state index in [4.69, 9.17) is 0 Å². The van der Waals surface area contributed by atoms with Crippen molar-refractivity contribution in [3.05, 3.63) is 0 Å². The second-order valence-corrected chi connectivity index (χ2v) is 4.02. The summed E-state index contributed by atoms with van der Waals surface area (Å²) in [5, 5.41) is 0. The highest BCUT2D eigenvalue weighted by Gasteiger charge is 3.02. The fraction of sp³-hybridized carbons (Fsp3) is 1.00. The molecule has 1 saturated carbocycles. The molecule has 0 radical (unpaired) electrons. The summed E-state index contributed by atoms with van der Waals surface area (Å²) in [6, 6.07) is 0. The van der Waals surface area contributed by atoms with Gasteiger partial charge in [-0.25, -0.2) is 4.74 Å². The maximum Gasteiger partial charge on any atom is 0.525 e. The van der Waals surface area contributed by atoms with Crippen molar-refractivity contribution >= 4 is 0 Å². The summed E-state index contributed by atoms with van der Waals surface area (Å²) in [4.78, 5) is 0. The molecule has 132 valence electrons. The zero-order valence-corrected chi connectivity index (χ0v) is 9.20. The van der Waals surface area contributed by atoms with E-state index in [1.54, 1.807) is 0 Å². The molecule has 0 aliphatic heterocycles. The van der Waals surface area contributed by atoms with Crippen LogP contribution in [0.3, 0.4) is 0 Å². The summed E-state index contributed by atoms with van der Waals surface area (Å²) < 4.78 is 177. The molecule has 0 atom stereocenters. The van der Waals surface area contributed by atoms with Gasteiger partial charge < -0.3 is 0 Å². The molecule has 1 aliphatic rings. The minimum Gasteiger partial charge on any atom is -0.242 e. The topological polar surface area (TPSA) is 9.23 Å². The first-order chi connectivity index (χ1) is 9.21. The van der Waals surface area contributed by atoms with Crippen LogP contribution in [0.2, 0.25) is 0 Å². The zero-order chi connectivity index (χ0) is 18.2. The summed E-state index contributed by atoms with van der Waals surface area (Å²) in [6.45, 7) is 0. The predicted molar refractivity (Wildman–Crippen MR) is 35.7 cm³/mol. The van der Waals surface area contributed by atoms with Gasteiger partial charge in [0.05, 0.1) is 0 Å². The Bertz CT molecular complexity index is 430. The van der Waals surface area contributed by atoms with Crippen LogP contribution in [0, 0.1) is 0 Å². The van der Waals surface area contributed by atoms with Crippen molar-refractivity contribution < 1.29 is 66.2 Å². The summed E-state index contributed by atoms with van der Waals surface area (Å²) in [5.41, 5.74) is 0. The van der Waals surface area contributed by atoms with Crippen LogP contribution in [0.5, 0.6) is 0 Å². The molecule has 1 rings (SSSR count). The van der Waals surface area contributed by atoms with E-state index in [-0.39, 0.29) is 0 Å². The van der Waals surface area contributed by atoms with Gasteiger partial charge in [-0.1, -0.05) is 0 Å². The molecular formula is C7F14O. The Morgan fingerprint density at radius 2 is 0.682 bits per heavy atom. The molecule has 0 saturated heterocycles. The average molecular weight is 366 g/mol. The van der Waals surface area contributed by atoms with Crippen molar-refractivity contribution in [1.82, 2.24) is 0 Å². The van der Waals surface area contributed by atoms with Crippen LogP contribution in [-0.4, -0.2) is 41.8 Å². The van der Waals surface area contributed by atoms with E-state index < -0.39 is 41.8 Å². The SMILES string of the molecule is FC(F)(F)OC1(F)C(F)(F)C(F)(F)C(F)(F)C(F)(F)C1(F)F. The Labute approximate surface area is 109 Å². The second kappa shape index (κ2) is 4.08. The van der Waals surface area contributed by atoms with Gasteiger partial charge in [-0.2, -0.15) is 48.3 Å². The van der Waals surface area contributed by atoms with Gasteiger partial charge in [0.15, 0.2) is 0 Å². The maximum atomic E-state index is 13.2. The molecule has 0 aromatic heterocycles. The number of hydrogen-bond donors (Lipinski definition) is 0. The first kappa shape index (κ1) is 19.0. The highest BCUT2D eigenvalue weighted by molar-refractivity contribution is 5.23. The molecule has 1 nitrogen and oxygen atoms in total. The van der Waals surface area contributed by atoms with Crippen molar-refractivity contribution in [2.75, 3.05) is 0 Å². The number of alkyl halides is 14. The third-order valence-electron chi connectivity index (χ3n) is 2.64. The normalized spacial score (nSPS) is 30.8. The van der Waals surface area contributed by atoms with Gasteiger partial charge in [0, 0.05) is 0 Å². The molecule has 15 heteroatoms. The van der Waals surface area contributed by atoms with Crippen LogP contribution in [0.4, 0.5) is 61.5 Å². The molecule has 0 unspecified atom stereocenters. The molecule has 0 aromatic rings. The Hall–Kier alpha value is -1.02. The molecule has 0 aromatic carbocycles. The largest absolute Gasteiger partial charge is 0.525 e. The quantitative estimate of drug-likeness (QED) is 0.626. The van der Waals surface area contributed by atoms with Gasteiger partial charge >= 0.3 is 41.8 Å². The van der Waals surface area contributed by atoms with E-state index in [2.05, 4.69) is 0 Å². The third-order valence-corrected chi connectivity index (χ3v) is 2.64. The third kappa shape index (κ3) is 1.76. The van der Waals surface area contributed by atoms with Crippen LogP contribution >= 0.6 is 0 Å². The summed E-state index contributed by atoms with van der Waals surface area (Å²) in [6.07, 6.45) is -6.90. The lowest BCUT2D eigenvalue weighted by Crippen LogP contribution is -2.84. The minimum atomic E-state index is -7.66. The first-order valence-electron chi connectivity index (χ1n) is 4.55. The molecule has 0 amide bonds. The minimum absolute atomic E-state index is 1.40. The molecule has 22 heavy (non-hydrogen) atoms. The number of ether oxygens (including phenoxy) is 1. The Morgan fingerprint density at radius 1 is 0.455 bits per heavy atom. The van der Waals surface area contributed by atoms with Gasteiger partial charge in [0.25, 0.3) is 0 Å². The number of halogens is 14. The van der Waals surface area contributed by atoms with Crippen LogP contribution in [0.15, 0.2) is 0 Å². The lowest BCUT2D eigenvalue weighted by Gasteiger charge is -2.51. The maximum absolute atomic E-state index is 13.2. The molecule has 0 bridgehead atoms. The monoisotopic (exact) mass is 366 g/mol. The fourth-order valence-corrected chi connectivity index (χ4v) is 1.48. The summed E-state index contributed by atoms with van der Waals surface area (Å²) in [5.74, 6) is -45.7. The lowest BCUT2D eigenvalue weighted by molar-refractivity contribution is -0.557. The highest BCUT2D eigenvalue weighted by Crippen LogP contribution is 2.70. The zero-order valence-electron chi connectivity index (χ0n) is 9.20. The predicted octanol–water partition coefficient (Wildman–Crippen LogP) is 4.38. The number of hydrogen-bond acceptors (Lipinski definition) is 1. The van der Waals surface area contributed by atoms with Gasteiger partial charge in [0.1, 0.15) is 0 Å². The van der Waals surface area contributed by atoms with Crippen LogP contribution in [0.25, 0.3) is 0 Å². The molecule has 0 heterocycles. The van der Waals surface area contributed by atoms with Gasteiger partial charge in [-0.15, -0.1) is 13.2 Å². The molecule has 1 fully saturated rings. The van der Waals surface area contributed by atoms with Crippen LogP contribution in [0.1, 0.15) is 0 Å². The summed E-state index contributed by atoms with van der Waals surface area (Å²) >= 11 is 0. The second-order valence-electron chi connectivity index (χ2n) is 4.02. The van der Waals surface area contributed by atoms with Crippen molar-refractivity contribution in [2.45, 2.75) is 41.8 Å². The fourth-order valence-electron chi connectivity index (χ4n) is 1.48. The van der Waals surface area contributed by atoms with E-state index in [1.807, 2.05) is 0 Å². The molecular weight excluding hydrogens is 366 g/mol. The van der Waals surface area contributed by atoms with Crippen molar-refractivity contribution in [3.63, 3.8) is 0 Å². The van der Waals surface area contributed by atoms with Gasteiger partial charge in [0.2, 0.25) is 0 Å². The standard InChI is InChI=1S/C7F14O/c8-1(9)2(10,11)4(14,15)6(18,22-7(19,20)21)5(16,17)3(1,12)13. The lowest BCUT2D eigenvalue weighted by atomic mass is 9.78. The van der Waals surface area contributed by atoms with E-state index in [0.29, 0.717) is 0 Å².